The second kappa shape index (κ2) is 5.27. The zero-order valence-electron chi connectivity index (χ0n) is 10.6. The zero-order chi connectivity index (χ0) is 13.1. The Balaban J connectivity index is 1.56. The van der Waals surface area contributed by atoms with Gasteiger partial charge in [0.15, 0.2) is 17.8 Å². The molecule has 6 nitrogen and oxygen atoms in total. The summed E-state index contributed by atoms with van der Waals surface area (Å²) in [4.78, 5) is 3.98. The highest BCUT2D eigenvalue weighted by atomic mass is 16.7. The largest absolute Gasteiger partial charge is 0.454 e. The molecular formula is C13H15N3O3. The van der Waals surface area contributed by atoms with Crippen molar-refractivity contribution in [3.05, 3.63) is 36.0 Å². The molecule has 0 amide bonds. The minimum absolute atomic E-state index is 0.220. The number of rotatable bonds is 5. The monoisotopic (exact) mass is 261 g/mol. The fourth-order valence-electron chi connectivity index (χ4n) is 2.00. The van der Waals surface area contributed by atoms with Gasteiger partial charge in [0.2, 0.25) is 12.7 Å². The topological polar surface area (TPSA) is 69.4 Å². The van der Waals surface area contributed by atoms with E-state index >= 15 is 0 Å². The van der Waals surface area contributed by atoms with E-state index < -0.39 is 0 Å². The Labute approximate surface area is 110 Å². The molecule has 2 heterocycles. The molecule has 1 aliphatic heterocycles. The van der Waals surface area contributed by atoms with Crippen molar-refractivity contribution in [2.24, 2.45) is 0 Å². The van der Waals surface area contributed by atoms with Crippen LogP contribution >= 0.6 is 0 Å². The first kappa shape index (κ1) is 12.0. The van der Waals surface area contributed by atoms with Crippen LogP contribution in [0, 0.1) is 0 Å². The fourth-order valence-corrected chi connectivity index (χ4v) is 2.00. The lowest BCUT2D eigenvalue weighted by atomic mass is 10.1. The van der Waals surface area contributed by atoms with Crippen LogP contribution in [0.25, 0.3) is 0 Å². The lowest BCUT2D eigenvalue weighted by Crippen LogP contribution is -2.21. The van der Waals surface area contributed by atoms with Gasteiger partial charge in [0, 0.05) is 19.0 Å². The Morgan fingerprint density at radius 2 is 2.21 bits per heavy atom. The standard InChI is InChI=1S/C13H15N3O3/c1-9(14-5-4-13-15-7-16-19-13)10-2-3-11-12(6-10)18-8-17-11/h2-3,6-7,9,14H,4-5,8H2,1H3. The molecule has 1 aliphatic rings. The summed E-state index contributed by atoms with van der Waals surface area (Å²) in [5, 5.41) is 6.98. The molecule has 3 rings (SSSR count). The molecule has 1 atom stereocenters. The normalized spacial score (nSPS) is 14.6. The van der Waals surface area contributed by atoms with Crippen LogP contribution in [0.3, 0.4) is 0 Å². The average Bonchev–Trinajstić information content (AvgIpc) is 3.08. The van der Waals surface area contributed by atoms with Crippen LogP contribution < -0.4 is 14.8 Å². The lowest BCUT2D eigenvalue weighted by Gasteiger charge is -2.13. The van der Waals surface area contributed by atoms with Gasteiger partial charge in [-0.3, -0.25) is 0 Å². The highest BCUT2D eigenvalue weighted by Crippen LogP contribution is 2.34. The van der Waals surface area contributed by atoms with Gasteiger partial charge >= 0.3 is 0 Å². The maximum Gasteiger partial charge on any atom is 0.231 e. The molecule has 0 bridgehead atoms. The summed E-state index contributed by atoms with van der Waals surface area (Å²) in [6, 6.07) is 6.20. The Kier molecular flexibility index (Phi) is 3.33. The molecule has 0 aliphatic carbocycles. The second-order valence-electron chi connectivity index (χ2n) is 4.37. The Bertz CT molecular complexity index is 542. The van der Waals surface area contributed by atoms with Crippen molar-refractivity contribution in [1.82, 2.24) is 15.5 Å². The van der Waals surface area contributed by atoms with Gasteiger partial charge < -0.3 is 19.3 Å². The molecule has 19 heavy (non-hydrogen) atoms. The average molecular weight is 261 g/mol. The third-order valence-corrected chi connectivity index (χ3v) is 3.09. The SMILES string of the molecule is CC(NCCc1ncno1)c1ccc2c(c1)OCO2. The number of nitrogens with one attached hydrogen (secondary N) is 1. The molecule has 0 radical (unpaired) electrons. The van der Waals surface area contributed by atoms with E-state index in [1.54, 1.807) is 0 Å². The van der Waals surface area contributed by atoms with E-state index in [4.69, 9.17) is 14.0 Å². The van der Waals surface area contributed by atoms with E-state index in [2.05, 4.69) is 22.4 Å². The predicted molar refractivity (Wildman–Crippen MR) is 67.0 cm³/mol. The van der Waals surface area contributed by atoms with Gasteiger partial charge in [-0.1, -0.05) is 11.2 Å². The maximum absolute atomic E-state index is 5.37. The third kappa shape index (κ3) is 2.68. The van der Waals surface area contributed by atoms with Gasteiger partial charge in [-0.05, 0) is 24.6 Å². The number of hydrogen-bond acceptors (Lipinski definition) is 6. The first-order valence-corrected chi connectivity index (χ1v) is 6.21. The molecule has 6 heteroatoms. The van der Waals surface area contributed by atoms with Crippen molar-refractivity contribution in [2.45, 2.75) is 19.4 Å². The molecule has 1 N–H and O–H groups in total. The molecule has 0 saturated heterocycles. The van der Waals surface area contributed by atoms with E-state index in [0.29, 0.717) is 12.7 Å². The molecule has 1 aromatic heterocycles. The minimum atomic E-state index is 0.220. The van der Waals surface area contributed by atoms with Crippen LogP contribution in [0.1, 0.15) is 24.4 Å². The van der Waals surface area contributed by atoms with E-state index in [0.717, 1.165) is 30.0 Å². The molecule has 1 unspecified atom stereocenters. The Morgan fingerprint density at radius 3 is 3.05 bits per heavy atom. The van der Waals surface area contributed by atoms with Crippen molar-refractivity contribution < 1.29 is 14.0 Å². The maximum atomic E-state index is 5.37. The number of fused-ring (bicyclic) bond motifs is 1. The summed E-state index contributed by atoms with van der Waals surface area (Å²) in [6.45, 7) is 3.18. The molecule has 1 aromatic carbocycles. The van der Waals surface area contributed by atoms with Gasteiger partial charge in [-0.25, -0.2) is 0 Å². The van der Waals surface area contributed by atoms with Crippen LogP contribution in [-0.4, -0.2) is 23.5 Å². The van der Waals surface area contributed by atoms with Gasteiger partial charge in [-0.2, -0.15) is 4.98 Å². The Morgan fingerprint density at radius 1 is 1.32 bits per heavy atom. The smallest absolute Gasteiger partial charge is 0.231 e. The molecular weight excluding hydrogens is 246 g/mol. The number of benzene rings is 1. The number of aromatic nitrogens is 2. The van der Waals surface area contributed by atoms with Crippen molar-refractivity contribution >= 4 is 0 Å². The lowest BCUT2D eigenvalue weighted by molar-refractivity contribution is 0.174. The van der Waals surface area contributed by atoms with Gasteiger partial charge in [0.1, 0.15) is 0 Å². The quantitative estimate of drug-likeness (QED) is 0.883. The van der Waals surface area contributed by atoms with Gasteiger partial charge in [0.25, 0.3) is 0 Å². The van der Waals surface area contributed by atoms with Crippen molar-refractivity contribution in [3.63, 3.8) is 0 Å². The highest BCUT2D eigenvalue weighted by molar-refractivity contribution is 5.45. The molecule has 0 spiro atoms. The van der Waals surface area contributed by atoms with Crippen molar-refractivity contribution in [2.75, 3.05) is 13.3 Å². The van der Waals surface area contributed by atoms with Crippen LogP contribution in [0.4, 0.5) is 0 Å². The van der Waals surface area contributed by atoms with Crippen molar-refractivity contribution in [1.29, 1.82) is 0 Å². The van der Waals surface area contributed by atoms with E-state index in [1.807, 2.05) is 18.2 Å². The summed E-state index contributed by atoms with van der Waals surface area (Å²) in [5.74, 6) is 2.26. The van der Waals surface area contributed by atoms with Crippen LogP contribution in [0.5, 0.6) is 11.5 Å². The second-order valence-corrected chi connectivity index (χ2v) is 4.37. The van der Waals surface area contributed by atoms with E-state index in [9.17, 15) is 0 Å². The van der Waals surface area contributed by atoms with Gasteiger partial charge in [0.05, 0.1) is 0 Å². The first-order chi connectivity index (χ1) is 9.33. The van der Waals surface area contributed by atoms with Crippen molar-refractivity contribution in [3.8, 4) is 11.5 Å². The fraction of sp³-hybridized carbons (Fsp3) is 0.385. The van der Waals surface area contributed by atoms with E-state index in [1.165, 1.54) is 6.33 Å². The minimum Gasteiger partial charge on any atom is -0.454 e. The summed E-state index contributed by atoms with van der Waals surface area (Å²) >= 11 is 0. The zero-order valence-corrected chi connectivity index (χ0v) is 10.6. The molecule has 100 valence electrons. The van der Waals surface area contributed by atoms with Crippen LogP contribution in [0.2, 0.25) is 0 Å². The highest BCUT2D eigenvalue weighted by Gasteiger charge is 2.15. The number of hydrogen-bond donors (Lipinski definition) is 1. The summed E-state index contributed by atoms with van der Waals surface area (Å²) < 4.78 is 15.6. The first-order valence-electron chi connectivity index (χ1n) is 6.21. The molecule has 0 saturated carbocycles. The van der Waals surface area contributed by atoms with E-state index in [-0.39, 0.29) is 6.04 Å². The molecule has 2 aromatic rings. The third-order valence-electron chi connectivity index (χ3n) is 3.09. The number of ether oxygens (including phenoxy) is 2. The van der Waals surface area contributed by atoms with Gasteiger partial charge in [-0.15, -0.1) is 0 Å². The summed E-state index contributed by atoms with van der Waals surface area (Å²) in [5.41, 5.74) is 1.16. The summed E-state index contributed by atoms with van der Waals surface area (Å²) in [7, 11) is 0. The Hall–Kier alpha value is -2.08. The molecule has 0 fully saturated rings. The number of nitrogens with zero attached hydrogens (tertiary/aromatic N) is 2. The van der Waals surface area contributed by atoms with Crippen LogP contribution in [-0.2, 0) is 6.42 Å². The summed E-state index contributed by atoms with van der Waals surface area (Å²) in [6.07, 6.45) is 2.13. The predicted octanol–water partition coefficient (Wildman–Crippen LogP) is 1.69. The van der Waals surface area contributed by atoms with Crippen LogP contribution in [0.15, 0.2) is 29.0 Å².